The zero-order valence-electron chi connectivity index (χ0n) is 24.7. The molecule has 0 aliphatic heterocycles. The van der Waals surface area contributed by atoms with Gasteiger partial charge in [0.15, 0.2) is 0 Å². The van der Waals surface area contributed by atoms with Crippen LogP contribution in [0.15, 0.2) is 24.3 Å². The molecule has 0 fully saturated rings. The lowest BCUT2D eigenvalue weighted by Crippen LogP contribution is -2.58. The zero-order chi connectivity index (χ0) is 32.7. The summed E-state index contributed by atoms with van der Waals surface area (Å²) in [5.41, 5.74) is 11.9. The van der Waals surface area contributed by atoms with Crippen molar-refractivity contribution in [3.8, 4) is 5.75 Å². The van der Waals surface area contributed by atoms with Gasteiger partial charge in [-0.15, -0.1) is 0 Å². The van der Waals surface area contributed by atoms with Gasteiger partial charge in [0.1, 0.15) is 29.9 Å². The van der Waals surface area contributed by atoms with Crippen molar-refractivity contribution in [3.63, 3.8) is 0 Å². The molecular weight excluding hydrogens is 564 g/mol. The summed E-state index contributed by atoms with van der Waals surface area (Å²) in [5.74, 6) is -6.08. The summed E-state index contributed by atoms with van der Waals surface area (Å²) in [7, 11) is 0. The molecule has 1 rings (SSSR count). The van der Waals surface area contributed by atoms with Crippen molar-refractivity contribution in [2.75, 3.05) is 6.54 Å². The van der Waals surface area contributed by atoms with Gasteiger partial charge in [0.25, 0.3) is 0 Å². The lowest BCUT2D eigenvalue weighted by molar-refractivity contribution is -0.143. The van der Waals surface area contributed by atoms with Crippen molar-refractivity contribution in [1.29, 1.82) is 0 Å². The van der Waals surface area contributed by atoms with E-state index >= 15 is 0 Å². The number of carbonyl (C=O) groups excluding carboxylic acids is 4. The Labute approximate surface area is 250 Å². The second kappa shape index (κ2) is 18.3. The largest absolute Gasteiger partial charge is 0.508 e. The summed E-state index contributed by atoms with van der Waals surface area (Å²) in [4.78, 5) is 74.5. The fraction of sp³-hybridized carbons (Fsp3) is 0.571. The standard InChI is InChI=1S/C28H44N6O9/c1-15(2)12-20(33-25(39)19(30)6-4-5-11-29)26(40)31-16(3)24(38)32-21(14-23(36)37)27(41)34-22(28(42)43)13-17-7-9-18(35)10-8-17/h7-10,15-16,19-22,35H,4-6,11-14,29-30H2,1-3H3,(H,31,40)(H,32,38)(H,33,39)(H,34,41)(H,36,37)(H,42,43)/t16-,19-,20-,21-,22-/m0/s1. The number of hydrogen-bond acceptors (Lipinski definition) is 9. The lowest BCUT2D eigenvalue weighted by Gasteiger charge is -2.25. The van der Waals surface area contributed by atoms with Crippen LogP contribution >= 0.6 is 0 Å². The number of carboxylic acid groups (broad SMARTS) is 2. The maximum Gasteiger partial charge on any atom is 0.326 e. The van der Waals surface area contributed by atoms with Crippen molar-refractivity contribution in [2.45, 2.75) is 89.5 Å². The Kier molecular flexibility index (Phi) is 15.7. The van der Waals surface area contributed by atoms with Crippen LogP contribution in [0.2, 0.25) is 0 Å². The number of unbranched alkanes of at least 4 members (excludes halogenated alkanes) is 1. The van der Waals surface area contributed by atoms with Gasteiger partial charge in [-0.05, 0) is 56.3 Å². The molecule has 0 spiro atoms. The molecule has 0 saturated carbocycles. The van der Waals surface area contributed by atoms with Gasteiger partial charge < -0.3 is 48.1 Å². The van der Waals surface area contributed by atoms with Crippen molar-refractivity contribution < 1.29 is 44.1 Å². The summed E-state index contributed by atoms with van der Waals surface area (Å²) in [6.45, 7) is 5.44. The minimum Gasteiger partial charge on any atom is -0.508 e. The number of rotatable bonds is 19. The molecule has 43 heavy (non-hydrogen) atoms. The molecule has 0 aromatic heterocycles. The van der Waals surface area contributed by atoms with E-state index in [1.54, 1.807) is 0 Å². The number of aromatic hydroxyl groups is 1. The number of carbonyl (C=O) groups is 6. The lowest BCUT2D eigenvalue weighted by atomic mass is 10.0. The molecule has 11 N–H and O–H groups in total. The van der Waals surface area contributed by atoms with Gasteiger partial charge in [0.2, 0.25) is 23.6 Å². The van der Waals surface area contributed by atoms with E-state index < -0.39 is 72.2 Å². The van der Waals surface area contributed by atoms with Crippen LogP contribution in [0.5, 0.6) is 5.75 Å². The maximum atomic E-state index is 13.0. The number of hydrogen-bond donors (Lipinski definition) is 9. The molecule has 15 nitrogen and oxygen atoms in total. The van der Waals surface area contributed by atoms with E-state index in [1.807, 2.05) is 13.8 Å². The predicted molar refractivity (Wildman–Crippen MR) is 155 cm³/mol. The average molecular weight is 609 g/mol. The third-order valence-electron chi connectivity index (χ3n) is 6.40. The molecule has 0 bridgehead atoms. The maximum absolute atomic E-state index is 13.0. The molecule has 5 atom stereocenters. The smallest absolute Gasteiger partial charge is 0.326 e. The Morgan fingerprint density at radius 2 is 1.33 bits per heavy atom. The molecule has 0 saturated heterocycles. The highest BCUT2D eigenvalue weighted by Gasteiger charge is 2.31. The van der Waals surface area contributed by atoms with Gasteiger partial charge in [-0.2, -0.15) is 0 Å². The molecule has 0 radical (unpaired) electrons. The number of phenolic OH excluding ortho intramolecular Hbond substituents is 1. The molecule has 4 amide bonds. The Morgan fingerprint density at radius 1 is 0.767 bits per heavy atom. The van der Waals surface area contributed by atoms with Gasteiger partial charge in [-0.1, -0.05) is 32.4 Å². The van der Waals surface area contributed by atoms with E-state index in [9.17, 15) is 44.1 Å². The molecule has 240 valence electrons. The van der Waals surface area contributed by atoms with E-state index in [2.05, 4.69) is 21.3 Å². The topological polar surface area (TPSA) is 263 Å². The monoisotopic (exact) mass is 608 g/mol. The van der Waals surface area contributed by atoms with Crippen LogP contribution in [0, 0.1) is 5.92 Å². The first-order valence-electron chi connectivity index (χ1n) is 14.0. The predicted octanol–water partition coefficient (Wildman–Crippen LogP) is -1.04. The minimum atomic E-state index is -1.66. The number of benzene rings is 1. The van der Waals surface area contributed by atoms with Crippen molar-refractivity contribution in [1.82, 2.24) is 21.3 Å². The second-order valence-corrected chi connectivity index (χ2v) is 10.7. The highest BCUT2D eigenvalue weighted by Crippen LogP contribution is 2.12. The van der Waals surface area contributed by atoms with E-state index in [0.29, 0.717) is 31.4 Å². The fourth-order valence-electron chi connectivity index (χ4n) is 4.02. The summed E-state index contributed by atoms with van der Waals surface area (Å²) < 4.78 is 0. The summed E-state index contributed by atoms with van der Waals surface area (Å²) in [5, 5.41) is 37.8. The normalized spacial score (nSPS) is 14.5. The van der Waals surface area contributed by atoms with E-state index in [0.717, 1.165) is 0 Å². The molecule has 1 aromatic carbocycles. The number of amides is 4. The van der Waals surface area contributed by atoms with E-state index in [4.69, 9.17) is 11.5 Å². The molecule has 1 aromatic rings. The van der Waals surface area contributed by atoms with Crippen LogP contribution in [0.4, 0.5) is 0 Å². The first kappa shape index (κ1) is 36.8. The Hall–Kier alpha value is -4.24. The van der Waals surface area contributed by atoms with Crippen LogP contribution in [0.3, 0.4) is 0 Å². The Bertz CT molecular complexity index is 1110. The van der Waals surface area contributed by atoms with Crippen LogP contribution in [-0.2, 0) is 35.2 Å². The first-order valence-corrected chi connectivity index (χ1v) is 14.0. The molecular formula is C28H44N6O9. The highest BCUT2D eigenvalue weighted by atomic mass is 16.4. The van der Waals surface area contributed by atoms with Gasteiger partial charge in [0.05, 0.1) is 12.5 Å². The zero-order valence-corrected chi connectivity index (χ0v) is 24.7. The van der Waals surface area contributed by atoms with E-state index in [-0.39, 0.29) is 24.5 Å². The molecule has 0 heterocycles. The quantitative estimate of drug-likeness (QED) is 0.0856. The van der Waals surface area contributed by atoms with Gasteiger partial charge in [-0.25, -0.2) is 4.79 Å². The number of carboxylic acids is 2. The SMILES string of the molecule is CC(C)C[C@H](NC(=O)[C@@H](N)CCCCN)C(=O)N[C@@H](C)C(=O)N[C@@H](CC(=O)O)C(=O)N[C@@H](Cc1ccc(O)cc1)C(=O)O. The average Bonchev–Trinajstić information content (AvgIpc) is 2.92. The second-order valence-electron chi connectivity index (χ2n) is 10.7. The fourth-order valence-corrected chi connectivity index (χ4v) is 4.02. The minimum absolute atomic E-state index is 0.0129. The summed E-state index contributed by atoms with van der Waals surface area (Å²) in [6, 6.07) is -0.651. The van der Waals surface area contributed by atoms with Crippen molar-refractivity contribution >= 4 is 35.6 Å². The summed E-state index contributed by atoms with van der Waals surface area (Å²) in [6.07, 6.45) is 0.906. The number of phenols is 1. The first-order chi connectivity index (χ1) is 20.1. The summed E-state index contributed by atoms with van der Waals surface area (Å²) >= 11 is 0. The third-order valence-corrected chi connectivity index (χ3v) is 6.40. The van der Waals surface area contributed by atoms with Gasteiger partial charge in [0, 0.05) is 6.42 Å². The Balaban J connectivity index is 2.91. The Morgan fingerprint density at radius 3 is 1.86 bits per heavy atom. The van der Waals surface area contributed by atoms with Crippen LogP contribution < -0.4 is 32.7 Å². The van der Waals surface area contributed by atoms with Gasteiger partial charge in [-0.3, -0.25) is 24.0 Å². The van der Waals surface area contributed by atoms with Crippen LogP contribution in [0.25, 0.3) is 0 Å². The molecule has 15 heteroatoms. The van der Waals surface area contributed by atoms with E-state index in [1.165, 1.54) is 31.2 Å². The number of aliphatic carboxylic acids is 2. The van der Waals surface area contributed by atoms with Crippen molar-refractivity contribution in [2.24, 2.45) is 17.4 Å². The van der Waals surface area contributed by atoms with Gasteiger partial charge >= 0.3 is 11.9 Å². The van der Waals surface area contributed by atoms with Crippen LogP contribution in [-0.4, -0.2) is 87.6 Å². The van der Waals surface area contributed by atoms with Crippen molar-refractivity contribution in [3.05, 3.63) is 29.8 Å². The molecule has 0 aliphatic carbocycles. The molecule has 0 aliphatic rings. The van der Waals surface area contributed by atoms with Crippen LogP contribution in [0.1, 0.15) is 58.4 Å². The number of nitrogens with one attached hydrogen (secondary N) is 4. The third kappa shape index (κ3) is 14.0. The number of nitrogens with two attached hydrogens (primary N) is 2. The molecule has 0 unspecified atom stereocenters. The highest BCUT2D eigenvalue weighted by molar-refractivity contribution is 5.96.